The van der Waals surface area contributed by atoms with Crippen molar-refractivity contribution in [2.24, 2.45) is 0 Å². The second-order valence-electron chi connectivity index (χ2n) is 4.56. The minimum Gasteiger partial charge on any atom is -0.338 e. The molecule has 0 saturated heterocycles. The molecule has 3 nitrogen and oxygen atoms in total. The first-order valence-corrected chi connectivity index (χ1v) is 6.69. The number of anilines is 1. The van der Waals surface area contributed by atoms with Crippen LogP contribution in [0, 0.1) is 0 Å². The van der Waals surface area contributed by atoms with Crippen LogP contribution in [0.25, 0.3) is 10.9 Å². The van der Waals surface area contributed by atoms with Gasteiger partial charge in [0.15, 0.2) is 0 Å². The number of amides is 1. The third kappa shape index (κ3) is 2.68. The summed E-state index contributed by atoms with van der Waals surface area (Å²) >= 11 is 6.00. The highest BCUT2D eigenvalue weighted by molar-refractivity contribution is 6.31. The minimum atomic E-state index is -0.0614. The Hall–Kier alpha value is -2.26. The lowest BCUT2D eigenvalue weighted by atomic mass is 10.2. The first-order valence-electron chi connectivity index (χ1n) is 6.32. The van der Waals surface area contributed by atoms with Gasteiger partial charge >= 0.3 is 0 Å². The van der Waals surface area contributed by atoms with Gasteiger partial charge in [-0.05, 0) is 35.7 Å². The molecule has 0 aliphatic rings. The van der Waals surface area contributed by atoms with E-state index in [2.05, 4.69) is 5.32 Å². The van der Waals surface area contributed by atoms with E-state index in [0.717, 1.165) is 16.6 Å². The molecule has 0 atom stereocenters. The summed E-state index contributed by atoms with van der Waals surface area (Å²) in [6, 6.07) is 17.1. The van der Waals surface area contributed by atoms with Gasteiger partial charge in [0, 0.05) is 22.4 Å². The molecule has 100 valence electrons. The molecule has 0 aliphatic heterocycles. The van der Waals surface area contributed by atoms with Gasteiger partial charge in [0.1, 0.15) is 6.54 Å². The van der Waals surface area contributed by atoms with Gasteiger partial charge in [-0.3, -0.25) is 4.79 Å². The molecule has 1 aromatic heterocycles. The third-order valence-electron chi connectivity index (χ3n) is 3.11. The molecule has 0 aliphatic carbocycles. The molecule has 1 amide bonds. The molecule has 2 aromatic carbocycles. The number of fused-ring (bicyclic) bond motifs is 1. The number of nitrogens with one attached hydrogen (secondary N) is 1. The topological polar surface area (TPSA) is 34.0 Å². The second-order valence-corrected chi connectivity index (χ2v) is 5.00. The monoisotopic (exact) mass is 284 g/mol. The fourth-order valence-corrected chi connectivity index (χ4v) is 2.34. The Morgan fingerprint density at radius 2 is 1.90 bits per heavy atom. The normalized spacial score (nSPS) is 10.7. The number of carbonyl (C=O) groups excluding carboxylic acids is 1. The van der Waals surface area contributed by atoms with Gasteiger partial charge in [0.25, 0.3) is 0 Å². The van der Waals surface area contributed by atoms with E-state index in [1.807, 2.05) is 65.4 Å². The van der Waals surface area contributed by atoms with Gasteiger partial charge in [-0.2, -0.15) is 0 Å². The van der Waals surface area contributed by atoms with Gasteiger partial charge in [0.05, 0.1) is 0 Å². The Morgan fingerprint density at radius 1 is 1.10 bits per heavy atom. The molecule has 20 heavy (non-hydrogen) atoms. The Labute approximate surface area is 121 Å². The Kier molecular flexibility index (Phi) is 3.44. The SMILES string of the molecule is O=C(Cn1ccc2ccc(Cl)cc21)Nc1ccccc1. The van der Waals surface area contributed by atoms with Crippen LogP contribution in [0.15, 0.2) is 60.8 Å². The maximum Gasteiger partial charge on any atom is 0.244 e. The van der Waals surface area contributed by atoms with Gasteiger partial charge in [-0.25, -0.2) is 0 Å². The smallest absolute Gasteiger partial charge is 0.244 e. The van der Waals surface area contributed by atoms with Crippen molar-refractivity contribution in [2.75, 3.05) is 5.32 Å². The number of hydrogen-bond donors (Lipinski definition) is 1. The van der Waals surface area contributed by atoms with Crippen LogP contribution in [0.1, 0.15) is 0 Å². The van der Waals surface area contributed by atoms with Crippen molar-refractivity contribution >= 4 is 34.1 Å². The van der Waals surface area contributed by atoms with E-state index in [4.69, 9.17) is 11.6 Å². The van der Waals surface area contributed by atoms with E-state index < -0.39 is 0 Å². The Balaban J connectivity index is 1.79. The molecule has 0 spiro atoms. The number of rotatable bonds is 3. The summed E-state index contributed by atoms with van der Waals surface area (Å²) < 4.78 is 1.89. The molecular formula is C16H13ClN2O. The summed E-state index contributed by atoms with van der Waals surface area (Å²) in [7, 11) is 0. The van der Waals surface area contributed by atoms with Gasteiger partial charge < -0.3 is 9.88 Å². The molecule has 0 unspecified atom stereocenters. The summed E-state index contributed by atoms with van der Waals surface area (Å²) in [4.78, 5) is 12.0. The van der Waals surface area contributed by atoms with Crippen LogP contribution in [0.5, 0.6) is 0 Å². The summed E-state index contributed by atoms with van der Waals surface area (Å²) in [5.74, 6) is -0.0614. The van der Waals surface area contributed by atoms with E-state index in [-0.39, 0.29) is 12.5 Å². The molecule has 3 aromatic rings. The zero-order valence-electron chi connectivity index (χ0n) is 10.7. The van der Waals surface area contributed by atoms with Crippen molar-refractivity contribution in [2.45, 2.75) is 6.54 Å². The molecule has 0 bridgehead atoms. The minimum absolute atomic E-state index is 0.0614. The van der Waals surface area contributed by atoms with Crippen LogP contribution < -0.4 is 5.32 Å². The first kappa shape index (κ1) is 12.8. The predicted octanol–water partition coefficient (Wildman–Crippen LogP) is 3.93. The van der Waals surface area contributed by atoms with Crippen molar-refractivity contribution in [3.63, 3.8) is 0 Å². The lowest BCUT2D eigenvalue weighted by Gasteiger charge is -2.07. The average Bonchev–Trinajstić information content (AvgIpc) is 2.82. The molecule has 0 saturated carbocycles. The number of hydrogen-bond acceptors (Lipinski definition) is 1. The van der Waals surface area contributed by atoms with E-state index in [1.54, 1.807) is 0 Å². The summed E-state index contributed by atoms with van der Waals surface area (Å²) in [6.07, 6.45) is 1.89. The number of halogens is 1. The molecule has 1 N–H and O–H groups in total. The molecule has 4 heteroatoms. The lowest BCUT2D eigenvalue weighted by Crippen LogP contribution is -2.18. The first-order chi connectivity index (χ1) is 9.72. The maximum atomic E-state index is 12.0. The molecular weight excluding hydrogens is 272 g/mol. The standard InChI is InChI=1S/C16H13ClN2O/c17-13-7-6-12-8-9-19(15(12)10-13)11-16(20)18-14-4-2-1-3-5-14/h1-10H,11H2,(H,18,20). The van der Waals surface area contributed by atoms with E-state index in [1.165, 1.54) is 0 Å². The zero-order chi connectivity index (χ0) is 13.9. The Bertz CT molecular complexity index is 750. The molecule has 0 fully saturated rings. The third-order valence-corrected chi connectivity index (χ3v) is 3.34. The van der Waals surface area contributed by atoms with Gasteiger partial charge in [0.2, 0.25) is 5.91 Å². The zero-order valence-corrected chi connectivity index (χ0v) is 11.5. The van der Waals surface area contributed by atoms with Crippen molar-refractivity contribution in [1.82, 2.24) is 4.57 Å². The van der Waals surface area contributed by atoms with Crippen molar-refractivity contribution in [3.05, 3.63) is 65.8 Å². The van der Waals surface area contributed by atoms with E-state index in [9.17, 15) is 4.79 Å². The van der Waals surface area contributed by atoms with Crippen molar-refractivity contribution < 1.29 is 4.79 Å². The predicted molar refractivity (Wildman–Crippen MR) is 82.0 cm³/mol. The number of aromatic nitrogens is 1. The van der Waals surface area contributed by atoms with Crippen LogP contribution in [-0.4, -0.2) is 10.5 Å². The second kappa shape index (κ2) is 5.39. The molecule has 3 rings (SSSR count). The highest BCUT2D eigenvalue weighted by Crippen LogP contribution is 2.20. The van der Waals surface area contributed by atoms with E-state index in [0.29, 0.717) is 5.02 Å². The van der Waals surface area contributed by atoms with Crippen LogP contribution in [0.4, 0.5) is 5.69 Å². The fraction of sp³-hybridized carbons (Fsp3) is 0.0625. The summed E-state index contributed by atoms with van der Waals surface area (Å²) in [5.41, 5.74) is 1.76. The van der Waals surface area contributed by atoms with Crippen LogP contribution in [0.2, 0.25) is 5.02 Å². The fourth-order valence-electron chi connectivity index (χ4n) is 2.17. The van der Waals surface area contributed by atoms with Crippen molar-refractivity contribution in [1.29, 1.82) is 0 Å². The Morgan fingerprint density at radius 3 is 2.70 bits per heavy atom. The van der Waals surface area contributed by atoms with Gasteiger partial charge in [-0.15, -0.1) is 0 Å². The maximum absolute atomic E-state index is 12.0. The largest absolute Gasteiger partial charge is 0.338 e. The van der Waals surface area contributed by atoms with Gasteiger partial charge in [-0.1, -0.05) is 35.9 Å². The average molecular weight is 285 g/mol. The highest BCUT2D eigenvalue weighted by atomic mass is 35.5. The van der Waals surface area contributed by atoms with Crippen LogP contribution in [0.3, 0.4) is 0 Å². The van der Waals surface area contributed by atoms with E-state index >= 15 is 0 Å². The molecule has 1 heterocycles. The number of benzene rings is 2. The number of carbonyl (C=O) groups is 1. The summed E-state index contributed by atoms with van der Waals surface area (Å²) in [5, 5.41) is 4.61. The summed E-state index contributed by atoms with van der Waals surface area (Å²) in [6.45, 7) is 0.263. The number of nitrogens with zero attached hydrogens (tertiary/aromatic N) is 1. The van der Waals surface area contributed by atoms with Crippen LogP contribution >= 0.6 is 11.6 Å². The van der Waals surface area contributed by atoms with Crippen molar-refractivity contribution in [3.8, 4) is 0 Å². The van der Waals surface area contributed by atoms with Crippen LogP contribution in [-0.2, 0) is 11.3 Å². The quantitative estimate of drug-likeness (QED) is 0.777. The lowest BCUT2D eigenvalue weighted by molar-refractivity contribution is -0.116. The highest BCUT2D eigenvalue weighted by Gasteiger charge is 2.07. The number of para-hydroxylation sites is 1. The molecule has 0 radical (unpaired) electrons.